The first-order valence-corrected chi connectivity index (χ1v) is 14.2. The number of piperazine rings is 1. The molecule has 1 fully saturated rings. The predicted octanol–water partition coefficient (Wildman–Crippen LogP) is 6.68. The normalized spacial score (nSPS) is 17.1. The van der Waals surface area contributed by atoms with Gasteiger partial charge in [0.2, 0.25) is 11.8 Å². The molecule has 1 aromatic carbocycles. The number of nitrogens with one attached hydrogen (secondary N) is 1. The van der Waals surface area contributed by atoms with Gasteiger partial charge in [0, 0.05) is 37.7 Å². The van der Waals surface area contributed by atoms with Crippen LogP contribution in [0.1, 0.15) is 101 Å². The quantitative estimate of drug-likeness (QED) is 0.217. The second-order valence-electron chi connectivity index (χ2n) is 11.1. The number of halogens is 6. The van der Waals surface area contributed by atoms with Crippen LogP contribution in [0.2, 0.25) is 0 Å². The minimum Gasteiger partial charge on any atom is -0.340 e. The van der Waals surface area contributed by atoms with Gasteiger partial charge in [-0.3, -0.25) is 14.4 Å². The zero-order valence-electron chi connectivity index (χ0n) is 24.1. The number of rotatable bonds is 12. The molecule has 232 valence electrons. The molecule has 2 unspecified atom stereocenters. The highest BCUT2D eigenvalue weighted by Gasteiger charge is 2.39. The molecular formula is C29H41F6N3O3. The van der Waals surface area contributed by atoms with Crippen LogP contribution in [-0.2, 0) is 21.9 Å². The topological polar surface area (TPSA) is 69.7 Å². The Balaban J connectivity index is 2.04. The van der Waals surface area contributed by atoms with Crippen molar-refractivity contribution in [2.75, 3.05) is 19.6 Å². The molecule has 1 aromatic rings. The fraction of sp³-hybridized carbons (Fsp3) is 0.690. The third kappa shape index (κ3) is 10.2. The Hall–Kier alpha value is -2.79. The summed E-state index contributed by atoms with van der Waals surface area (Å²) in [6.45, 7) is 7.89. The minimum absolute atomic E-state index is 0.0110. The molecule has 2 atom stereocenters. The van der Waals surface area contributed by atoms with Gasteiger partial charge in [0.15, 0.2) is 0 Å². The lowest BCUT2D eigenvalue weighted by molar-refractivity contribution is -0.144. The lowest BCUT2D eigenvalue weighted by Gasteiger charge is -2.41. The van der Waals surface area contributed by atoms with Crippen molar-refractivity contribution in [2.45, 2.75) is 103 Å². The lowest BCUT2D eigenvalue weighted by Crippen LogP contribution is -2.59. The van der Waals surface area contributed by atoms with Crippen molar-refractivity contribution in [3.05, 3.63) is 34.9 Å². The van der Waals surface area contributed by atoms with Crippen molar-refractivity contribution < 1.29 is 40.7 Å². The van der Waals surface area contributed by atoms with Crippen molar-refractivity contribution in [1.82, 2.24) is 15.1 Å². The van der Waals surface area contributed by atoms with Crippen LogP contribution in [0.4, 0.5) is 26.3 Å². The summed E-state index contributed by atoms with van der Waals surface area (Å²) >= 11 is 0. The van der Waals surface area contributed by atoms with Gasteiger partial charge in [0.25, 0.3) is 5.91 Å². The van der Waals surface area contributed by atoms with Crippen LogP contribution < -0.4 is 5.32 Å². The zero-order valence-corrected chi connectivity index (χ0v) is 24.1. The van der Waals surface area contributed by atoms with Gasteiger partial charge in [-0.2, -0.15) is 26.3 Å². The lowest BCUT2D eigenvalue weighted by atomic mass is 9.99. The van der Waals surface area contributed by atoms with Crippen molar-refractivity contribution in [1.29, 1.82) is 0 Å². The molecule has 3 amide bonds. The number of alkyl halides is 6. The van der Waals surface area contributed by atoms with E-state index in [1.54, 1.807) is 18.7 Å². The van der Waals surface area contributed by atoms with Gasteiger partial charge in [-0.15, -0.1) is 0 Å². The molecule has 1 aliphatic heterocycles. The Morgan fingerprint density at radius 2 is 1.41 bits per heavy atom. The van der Waals surface area contributed by atoms with E-state index >= 15 is 0 Å². The Morgan fingerprint density at radius 1 is 0.878 bits per heavy atom. The standard InChI is InChI=1S/C29H41F6N3O3/c1-5-6-7-8-9-10-11-12-24(39)38-14-13-37(18-20(38)4)27(41)25(19(2)3)36-26(40)21-15-22(28(30,31)32)17-23(16-21)29(33,34)35/h15-17,19-20,25H,5-14,18H2,1-4H3,(H,36,40). The van der Waals surface area contributed by atoms with Gasteiger partial charge in [-0.25, -0.2) is 0 Å². The Kier molecular flexibility index (Phi) is 12.5. The van der Waals surface area contributed by atoms with E-state index in [2.05, 4.69) is 12.2 Å². The van der Waals surface area contributed by atoms with E-state index in [0.717, 1.165) is 25.7 Å². The maximum Gasteiger partial charge on any atom is 0.416 e. The number of unbranched alkanes of at least 4 members (excludes halogenated alkanes) is 6. The summed E-state index contributed by atoms with van der Waals surface area (Å²) in [5, 5.41) is 2.34. The second kappa shape index (κ2) is 14.9. The third-order valence-corrected chi connectivity index (χ3v) is 7.32. The van der Waals surface area contributed by atoms with Crippen LogP contribution in [0, 0.1) is 5.92 Å². The summed E-state index contributed by atoms with van der Waals surface area (Å²) in [6.07, 6.45) is -2.18. The number of carbonyl (C=O) groups excluding carboxylic acids is 3. The maximum absolute atomic E-state index is 13.3. The minimum atomic E-state index is -5.11. The van der Waals surface area contributed by atoms with Crippen LogP contribution in [0.5, 0.6) is 0 Å². The Morgan fingerprint density at radius 3 is 1.90 bits per heavy atom. The van der Waals surface area contributed by atoms with Crippen LogP contribution in [0.3, 0.4) is 0 Å². The summed E-state index contributed by atoms with van der Waals surface area (Å²) in [6, 6.07) is -0.856. The highest BCUT2D eigenvalue weighted by atomic mass is 19.4. The highest BCUT2D eigenvalue weighted by Crippen LogP contribution is 2.36. The highest BCUT2D eigenvalue weighted by molar-refractivity contribution is 5.98. The first-order chi connectivity index (χ1) is 19.1. The summed E-state index contributed by atoms with van der Waals surface area (Å²) in [5.41, 5.74) is -4.08. The number of amides is 3. The second-order valence-corrected chi connectivity index (χ2v) is 11.1. The predicted molar refractivity (Wildman–Crippen MR) is 143 cm³/mol. The number of benzene rings is 1. The van der Waals surface area contributed by atoms with Crippen molar-refractivity contribution in [3.8, 4) is 0 Å². The Bertz CT molecular complexity index is 1010. The summed E-state index contributed by atoms with van der Waals surface area (Å²) in [5.74, 6) is -2.23. The number of hydrogen-bond donors (Lipinski definition) is 1. The molecule has 0 saturated carbocycles. The molecule has 1 N–H and O–H groups in total. The molecule has 0 bridgehead atoms. The van der Waals surface area contributed by atoms with Crippen LogP contribution in [-0.4, -0.2) is 59.2 Å². The molecule has 1 saturated heterocycles. The molecule has 0 radical (unpaired) electrons. The van der Waals surface area contributed by atoms with E-state index in [1.807, 2.05) is 6.92 Å². The summed E-state index contributed by atoms with van der Waals surface area (Å²) in [4.78, 5) is 42.2. The third-order valence-electron chi connectivity index (χ3n) is 7.32. The molecule has 2 rings (SSSR count). The fourth-order valence-corrected chi connectivity index (χ4v) is 4.93. The molecule has 0 spiro atoms. The largest absolute Gasteiger partial charge is 0.416 e. The van der Waals surface area contributed by atoms with Gasteiger partial charge in [-0.1, -0.05) is 59.3 Å². The van der Waals surface area contributed by atoms with Gasteiger partial charge in [0.1, 0.15) is 6.04 Å². The SMILES string of the molecule is CCCCCCCCCC(=O)N1CCN(C(=O)C(NC(=O)c2cc(C(F)(F)F)cc(C(F)(F)F)c2)C(C)C)CC1C. The van der Waals surface area contributed by atoms with E-state index in [4.69, 9.17) is 0 Å². The number of hydrogen-bond acceptors (Lipinski definition) is 3. The molecule has 0 aliphatic carbocycles. The van der Waals surface area contributed by atoms with Crippen LogP contribution >= 0.6 is 0 Å². The van der Waals surface area contributed by atoms with Crippen molar-refractivity contribution in [3.63, 3.8) is 0 Å². The molecule has 1 aliphatic rings. The van der Waals surface area contributed by atoms with Gasteiger partial charge >= 0.3 is 12.4 Å². The van der Waals surface area contributed by atoms with Crippen LogP contribution in [0.15, 0.2) is 18.2 Å². The summed E-state index contributed by atoms with van der Waals surface area (Å²) < 4.78 is 79.5. The van der Waals surface area contributed by atoms with Gasteiger partial charge in [0.05, 0.1) is 11.1 Å². The first kappa shape index (κ1) is 34.4. The number of nitrogens with zero attached hydrogens (tertiary/aromatic N) is 2. The van der Waals surface area contributed by atoms with E-state index in [9.17, 15) is 40.7 Å². The van der Waals surface area contributed by atoms with Gasteiger partial charge < -0.3 is 15.1 Å². The van der Waals surface area contributed by atoms with E-state index in [0.29, 0.717) is 25.1 Å². The monoisotopic (exact) mass is 593 g/mol. The van der Waals surface area contributed by atoms with Gasteiger partial charge in [-0.05, 0) is 37.5 Å². The number of carbonyl (C=O) groups is 3. The first-order valence-electron chi connectivity index (χ1n) is 14.2. The van der Waals surface area contributed by atoms with E-state index in [1.165, 1.54) is 24.2 Å². The molecule has 6 nitrogen and oxygen atoms in total. The smallest absolute Gasteiger partial charge is 0.340 e. The van der Waals surface area contributed by atoms with Crippen LogP contribution in [0.25, 0.3) is 0 Å². The van der Waals surface area contributed by atoms with Crippen molar-refractivity contribution >= 4 is 17.7 Å². The molecule has 41 heavy (non-hydrogen) atoms. The van der Waals surface area contributed by atoms with E-state index < -0.39 is 52.8 Å². The maximum atomic E-state index is 13.3. The molecule has 12 heteroatoms. The molecular weight excluding hydrogens is 552 g/mol. The average Bonchev–Trinajstić information content (AvgIpc) is 2.89. The summed E-state index contributed by atoms with van der Waals surface area (Å²) in [7, 11) is 0. The van der Waals surface area contributed by atoms with Crippen molar-refractivity contribution in [2.24, 2.45) is 5.92 Å². The average molecular weight is 594 g/mol. The fourth-order valence-electron chi connectivity index (χ4n) is 4.93. The molecule has 1 heterocycles. The zero-order chi connectivity index (χ0) is 31.0. The van der Waals surface area contributed by atoms with E-state index in [-0.39, 0.29) is 31.1 Å². The Labute approximate surface area is 237 Å². The molecule has 0 aromatic heterocycles.